The molecule has 0 unspecified atom stereocenters. The maximum Gasteiger partial charge on any atom is 0.419 e. The van der Waals surface area contributed by atoms with E-state index in [-0.39, 0.29) is 6.04 Å². The van der Waals surface area contributed by atoms with Crippen LogP contribution in [0.4, 0.5) is 13.6 Å². The molecule has 5 aromatic rings. The van der Waals surface area contributed by atoms with Crippen LogP contribution in [0.15, 0.2) is 101 Å². The van der Waals surface area contributed by atoms with E-state index < -0.39 is 50.2 Å². The molecule has 0 aliphatic carbocycles. The zero-order valence-corrected chi connectivity index (χ0v) is 33.1. The van der Waals surface area contributed by atoms with Gasteiger partial charge in [-0.2, -0.15) is 0 Å². The van der Waals surface area contributed by atoms with Crippen LogP contribution in [-0.4, -0.2) is 54.6 Å². The van der Waals surface area contributed by atoms with Gasteiger partial charge in [-0.3, -0.25) is 4.90 Å². The van der Waals surface area contributed by atoms with Gasteiger partial charge in [0, 0.05) is 16.3 Å². The van der Waals surface area contributed by atoms with Crippen molar-refractivity contribution in [1.29, 1.82) is 0 Å². The fraction of sp³-hybridized carbons (Fsp3) is 0.375. The lowest BCUT2D eigenvalue weighted by Gasteiger charge is -2.45. The van der Waals surface area contributed by atoms with Crippen LogP contribution < -0.4 is 10.4 Å². The second kappa shape index (κ2) is 13.8. The van der Waals surface area contributed by atoms with Crippen LogP contribution in [0.25, 0.3) is 10.9 Å². The van der Waals surface area contributed by atoms with Gasteiger partial charge < -0.3 is 9.16 Å². The number of alkyl halides is 2. The Bertz CT molecular complexity index is 1930. The van der Waals surface area contributed by atoms with Gasteiger partial charge in [-0.05, 0) is 89.2 Å². The van der Waals surface area contributed by atoms with Gasteiger partial charge in [0.15, 0.2) is 0 Å². The molecule has 2 aromatic heterocycles. The number of aromatic nitrogens is 1. The number of para-hydroxylation sites is 1. The molecule has 0 radical (unpaired) electrons. The number of halogens is 3. The summed E-state index contributed by atoms with van der Waals surface area (Å²) in [4.78, 5) is 16.7. The highest BCUT2D eigenvalue weighted by atomic mass is 79.9. The van der Waals surface area contributed by atoms with E-state index in [2.05, 4.69) is 36.7 Å². The maximum atomic E-state index is 16.8. The largest absolute Gasteiger partial charge is 0.443 e. The van der Waals surface area contributed by atoms with E-state index in [4.69, 9.17) is 9.16 Å². The summed E-state index contributed by atoms with van der Waals surface area (Å²) in [6.07, 6.45) is -0.0211. The molecule has 50 heavy (non-hydrogen) atoms. The van der Waals surface area contributed by atoms with Crippen molar-refractivity contribution >= 4 is 63.0 Å². The summed E-state index contributed by atoms with van der Waals surface area (Å²) in [5, 5.41) is 2.39. The number of benzene rings is 3. The molecule has 1 aliphatic heterocycles. The highest BCUT2D eigenvalue weighted by Gasteiger charge is 2.53. The Kier molecular flexibility index (Phi) is 10.1. The van der Waals surface area contributed by atoms with E-state index in [9.17, 15) is 4.79 Å². The normalized spacial score (nSPS) is 17.6. The van der Waals surface area contributed by atoms with E-state index >= 15 is 8.78 Å². The van der Waals surface area contributed by atoms with Crippen molar-refractivity contribution < 1.29 is 22.7 Å². The van der Waals surface area contributed by atoms with Crippen molar-refractivity contribution in [3.63, 3.8) is 0 Å². The maximum absolute atomic E-state index is 16.8. The summed E-state index contributed by atoms with van der Waals surface area (Å²) < 4.78 is 48.9. The Labute approximate surface area is 307 Å². The molecule has 3 heterocycles. The fourth-order valence-corrected chi connectivity index (χ4v) is 13.6. The second-order valence-corrected chi connectivity index (χ2v) is 22.1. The predicted molar refractivity (Wildman–Crippen MR) is 206 cm³/mol. The van der Waals surface area contributed by atoms with Crippen LogP contribution in [0.3, 0.4) is 0 Å². The van der Waals surface area contributed by atoms with Crippen molar-refractivity contribution in [2.45, 2.75) is 83.5 Å². The third-order valence-corrected chi connectivity index (χ3v) is 16.1. The Hall–Kier alpha value is -3.15. The molecule has 0 amide bonds. The molecular weight excluding hydrogens is 735 g/mol. The number of thiophene rings is 1. The molecule has 0 spiro atoms. The van der Waals surface area contributed by atoms with Gasteiger partial charge in [0.1, 0.15) is 5.60 Å². The first-order valence-electron chi connectivity index (χ1n) is 17.0. The number of carbonyl (C=O) groups is 1. The van der Waals surface area contributed by atoms with Crippen molar-refractivity contribution in [1.82, 2.24) is 9.47 Å². The van der Waals surface area contributed by atoms with Crippen LogP contribution in [0.2, 0.25) is 5.04 Å². The number of hydrogen-bond acceptors (Lipinski definition) is 5. The average Bonchev–Trinajstić information content (AvgIpc) is 3.62. The summed E-state index contributed by atoms with van der Waals surface area (Å²) in [6, 6.07) is 30.5. The summed E-state index contributed by atoms with van der Waals surface area (Å²) in [6.45, 7) is 12.5. The van der Waals surface area contributed by atoms with Gasteiger partial charge in [-0.25, -0.2) is 18.1 Å². The molecule has 0 saturated carbocycles. The lowest BCUT2D eigenvalue weighted by atomic mass is 9.91. The first kappa shape index (κ1) is 36.6. The minimum atomic E-state index is -3.23. The van der Waals surface area contributed by atoms with E-state index in [0.717, 1.165) is 30.0 Å². The molecule has 6 rings (SSSR count). The van der Waals surface area contributed by atoms with Crippen LogP contribution in [0.5, 0.6) is 0 Å². The molecule has 264 valence electrons. The molecule has 1 aliphatic rings. The average molecular weight is 780 g/mol. The number of rotatable bonds is 8. The smallest absolute Gasteiger partial charge is 0.419 e. The van der Waals surface area contributed by atoms with Crippen molar-refractivity contribution in [3.8, 4) is 0 Å². The zero-order chi connectivity index (χ0) is 36.1. The van der Waals surface area contributed by atoms with Gasteiger partial charge in [0.25, 0.3) is 14.2 Å². The Morgan fingerprint density at radius 2 is 1.46 bits per heavy atom. The van der Waals surface area contributed by atoms with Gasteiger partial charge >= 0.3 is 6.09 Å². The molecule has 0 N–H and O–H groups in total. The fourth-order valence-electron chi connectivity index (χ4n) is 7.47. The van der Waals surface area contributed by atoms with E-state index in [1.807, 2.05) is 130 Å². The highest BCUT2D eigenvalue weighted by Crippen LogP contribution is 2.46. The molecule has 2 atom stereocenters. The quantitative estimate of drug-likeness (QED) is 0.147. The SMILES string of the molecule is C[C@@H]1Cc2c(n(C(=O)OC(C)(C)C)c3ccccc23)[C@@H](c2ccc(Br)s2)N1CC(F)(F)CO[Si](c1ccccc1)(c1ccccc1)C(C)(C)C. The first-order chi connectivity index (χ1) is 23.5. The minimum absolute atomic E-state index is 0.259. The summed E-state index contributed by atoms with van der Waals surface area (Å²) >= 11 is 5.09. The Morgan fingerprint density at radius 1 is 0.880 bits per heavy atom. The lowest BCUT2D eigenvalue weighted by molar-refractivity contribution is -0.0820. The van der Waals surface area contributed by atoms with Crippen LogP contribution in [0, 0.1) is 0 Å². The van der Waals surface area contributed by atoms with Crippen molar-refractivity contribution in [2.75, 3.05) is 13.2 Å². The molecule has 0 saturated heterocycles. The van der Waals surface area contributed by atoms with E-state index in [1.54, 1.807) is 4.57 Å². The molecule has 10 heteroatoms. The summed E-state index contributed by atoms with van der Waals surface area (Å²) in [5.74, 6) is -3.23. The molecule has 0 bridgehead atoms. The van der Waals surface area contributed by atoms with Gasteiger partial charge in [0.2, 0.25) is 0 Å². The minimum Gasteiger partial charge on any atom is -0.443 e. The summed E-state index contributed by atoms with van der Waals surface area (Å²) in [7, 11) is -3.21. The molecular formula is C40H45BrF2N2O3SSi. The van der Waals surface area contributed by atoms with Crippen molar-refractivity contribution in [3.05, 3.63) is 117 Å². The monoisotopic (exact) mass is 778 g/mol. The Morgan fingerprint density at radius 3 is 2.00 bits per heavy atom. The van der Waals surface area contributed by atoms with Crippen molar-refractivity contribution in [2.24, 2.45) is 0 Å². The number of nitrogens with zero attached hydrogens (tertiary/aromatic N) is 2. The van der Waals surface area contributed by atoms with E-state index in [1.165, 1.54) is 11.3 Å². The number of fused-ring (bicyclic) bond motifs is 3. The number of hydrogen-bond donors (Lipinski definition) is 0. The molecule has 0 fully saturated rings. The van der Waals surface area contributed by atoms with E-state index in [0.29, 0.717) is 17.6 Å². The zero-order valence-electron chi connectivity index (χ0n) is 29.7. The van der Waals surface area contributed by atoms with Gasteiger partial charge in [-0.1, -0.05) is 99.6 Å². The molecule has 5 nitrogen and oxygen atoms in total. The lowest BCUT2D eigenvalue weighted by Crippen LogP contribution is -2.67. The topological polar surface area (TPSA) is 43.7 Å². The first-order valence-corrected chi connectivity index (χ1v) is 20.5. The summed E-state index contributed by atoms with van der Waals surface area (Å²) in [5.41, 5.74) is 1.63. The second-order valence-electron chi connectivity index (χ2n) is 15.3. The third-order valence-electron chi connectivity index (χ3n) is 9.45. The van der Waals surface area contributed by atoms with Gasteiger partial charge in [0.05, 0.1) is 34.2 Å². The van der Waals surface area contributed by atoms with Crippen LogP contribution in [0.1, 0.15) is 70.6 Å². The molecule has 3 aromatic carbocycles. The predicted octanol–water partition coefficient (Wildman–Crippen LogP) is 9.80. The number of ether oxygens (including phenoxy) is 1. The van der Waals surface area contributed by atoms with Gasteiger partial charge in [-0.15, -0.1) is 11.3 Å². The van der Waals surface area contributed by atoms with Crippen LogP contribution in [-0.2, 0) is 15.6 Å². The Balaban J connectivity index is 1.43. The standard InChI is InChI=1S/C40H45BrF2N2O3SSi/c1-27-24-31-30-20-14-15-21-32(30)45(37(46)48-38(2,3)4)35(31)36(33-22-23-34(41)49-33)44(27)25-40(42,43)26-47-50(39(5,6)7,28-16-10-8-11-17-28)29-18-12-9-13-19-29/h8-23,27,36H,24-26H2,1-7H3/t27-,36-/m1/s1. The third kappa shape index (κ3) is 7.02. The van der Waals surface area contributed by atoms with Crippen LogP contribution >= 0.6 is 27.3 Å². The highest BCUT2D eigenvalue weighted by molar-refractivity contribution is 9.11. The number of carbonyl (C=O) groups excluding carboxylic acids is 1.